The number of thiazole rings is 2. The number of amides is 2. The summed E-state index contributed by atoms with van der Waals surface area (Å²) in [5.41, 5.74) is 6.86. The van der Waals surface area contributed by atoms with Gasteiger partial charge in [-0.1, -0.05) is 5.16 Å². The van der Waals surface area contributed by atoms with Gasteiger partial charge >= 0.3 is 11.9 Å². The van der Waals surface area contributed by atoms with E-state index in [4.69, 9.17) is 10.6 Å². The lowest BCUT2D eigenvalue weighted by Crippen LogP contribution is -2.71. The number of hydrogen-bond acceptors (Lipinski definition) is 12. The van der Waals surface area contributed by atoms with E-state index in [0.29, 0.717) is 17.7 Å². The fourth-order valence-electron chi connectivity index (χ4n) is 4.76. The van der Waals surface area contributed by atoms with E-state index in [0.717, 1.165) is 21.6 Å². The molecule has 14 nitrogen and oxygen atoms in total. The molecule has 2 amide bonds. The third kappa shape index (κ3) is 4.78. The summed E-state index contributed by atoms with van der Waals surface area (Å²) in [5.74, 6) is -3.54. The third-order valence-corrected chi connectivity index (χ3v) is 9.91. The largest absolute Gasteiger partial charge is 0.478 e. The van der Waals surface area contributed by atoms with Crippen molar-refractivity contribution >= 4 is 79.2 Å². The number of aliphatic carboxylic acids is 2. The smallest absolute Gasteiger partial charge is 0.352 e. The molecule has 3 aromatic heterocycles. The molecular weight excluding hydrogens is 595 g/mol. The molecule has 0 spiro atoms. The minimum atomic E-state index is -1.53. The normalized spacial score (nSPS) is 21.6. The summed E-state index contributed by atoms with van der Waals surface area (Å²) in [5, 5.41) is 27.0. The fraction of sp³-hybridized carbons (Fsp3) is 0.333. The Hall–Kier alpha value is -4.09. The van der Waals surface area contributed by atoms with Gasteiger partial charge in [-0.15, -0.1) is 34.4 Å². The number of rotatable bonds is 9. The van der Waals surface area contributed by atoms with Crippen molar-refractivity contribution in [1.82, 2.24) is 20.2 Å². The number of nitrogens with two attached hydrogens (primary N) is 1. The third-order valence-electron chi connectivity index (χ3n) is 7.08. The van der Waals surface area contributed by atoms with Crippen LogP contribution in [-0.4, -0.2) is 77.3 Å². The number of carboxylic acids is 2. The molecule has 2 aliphatic heterocycles. The van der Waals surface area contributed by atoms with E-state index in [1.54, 1.807) is 5.51 Å². The van der Waals surface area contributed by atoms with Crippen LogP contribution in [0.3, 0.4) is 0 Å². The molecule has 0 aromatic carbocycles. The molecule has 0 bridgehead atoms. The summed E-state index contributed by atoms with van der Waals surface area (Å²) in [6.07, 6.45) is 4.76. The van der Waals surface area contributed by atoms with Crippen LogP contribution >= 0.6 is 34.4 Å². The number of nitrogens with one attached hydrogen (secondary N) is 1. The van der Waals surface area contributed by atoms with E-state index >= 15 is 0 Å². The average molecular weight is 617 g/mol. The topological polar surface area (TPSA) is 201 Å². The van der Waals surface area contributed by atoms with Crippen LogP contribution in [0.25, 0.3) is 10.2 Å². The van der Waals surface area contributed by atoms with E-state index < -0.39 is 40.8 Å². The predicted octanol–water partition coefficient (Wildman–Crippen LogP) is 0.789. The van der Waals surface area contributed by atoms with Crippen molar-refractivity contribution in [2.75, 3.05) is 11.5 Å². The number of β-lactam (4-membered cyclic amide) rings is 1. The zero-order valence-corrected chi connectivity index (χ0v) is 23.5. The summed E-state index contributed by atoms with van der Waals surface area (Å²) < 4.78 is 2.82. The number of nitrogen functional groups attached to an aromatic ring is 1. The molecule has 1 saturated carbocycles. The zero-order valence-electron chi connectivity index (χ0n) is 21.1. The van der Waals surface area contributed by atoms with Crippen molar-refractivity contribution < 1.29 is 38.8 Å². The van der Waals surface area contributed by atoms with E-state index in [1.165, 1.54) is 33.4 Å². The van der Waals surface area contributed by atoms with Crippen molar-refractivity contribution in [3.63, 3.8) is 0 Å². The van der Waals surface area contributed by atoms with E-state index in [1.807, 2.05) is 23.0 Å². The highest BCUT2D eigenvalue weighted by Crippen LogP contribution is 2.41. The summed E-state index contributed by atoms with van der Waals surface area (Å²) in [4.78, 5) is 65.4. The zero-order chi connectivity index (χ0) is 28.9. The summed E-state index contributed by atoms with van der Waals surface area (Å²) >= 11 is 3.88. The number of aromatic nitrogens is 3. The Balaban J connectivity index is 1.22. The van der Waals surface area contributed by atoms with Crippen LogP contribution in [0.4, 0.5) is 5.13 Å². The van der Waals surface area contributed by atoms with Crippen molar-refractivity contribution in [2.24, 2.45) is 5.16 Å². The first kappa shape index (κ1) is 27.1. The number of thioether (sulfide) groups is 1. The maximum absolute atomic E-state index is 13.3. The molecule has 6 rings (SSSR count). The van der Waals surface area contributed by atoms with Crippen molar-refractivity contribution in [3.05, 3.63) is 46.3 Å². The Kier molecular flexibility index (Phi) is 6.87. The highest BCUT2D eigenvalue weighted by Gasteiger charge is 2.55. The Labute approximate surface area is 243 Å². The number of pyridine rings is 1. The van der Waals surface area contributed by atoms with Crippen LogP contribution in [0, 0.1) is 0 Å². The molecule has 1 aliphatic carbocycles. The molecule has 1 unspecified atom stereocenters. The van der Waals surface area contributed by atoms with Crippen LogP contribution < -0.4 is 15.6 Å². The number of fused-ring (bicyclic) bond motifs is 2. The number of nitrogens with zero attached hydrogens (tertiary/aromatic N) is 5. The minimum Gasteiger partial charge on any atom is -0.478 e. The van der Waals surface area contributed by atoms with Gasteiger partial charge < -0.3 is 26.1 Å². The van der Waals surface area contributed by atoms with Gasteiger partial charge in [-0.05, 0) is 6.42 Å². The lowest BCUT2D eigenvalue weighted by Gasteiger charge is -2.49. The van der Waals surface area contributed by atoms with Gasteiger partial charge in [0.2, 0.25) is 5.60 Å². The number of carbonyl (C=O) groups excluding carboxylic acids is 2. The number of hydrogen-bond donors (Lipinski definition) is 4. The van der Waals surface area contributed by atoms with Gasteiger partial charge in [0.05, 0.1) is 10.2 Å². The number of anilines is 1. The number of oxime groups is 1. The van der Waals surface area contributed by atoms with Crippen molar-refractivity contribution in [3.8, 4) is 0 Å². The first-order valence-electron chi connectivity index (χ1n) is 12.3. The molecule has 3 aliphatic rings. The summed E-state index contributed by atoms with van der Waals surface area (Å²) in [6.45, 7) is 0.250. The maximum Gasteiger partial charge on any atom is 0.352 e. The number of carbonyl (C=O) groups is 4. The van der Waals surface area contributed by atoms with E-state index in [2.05, 4.69) is 20.4 Å². The Morgan fingerprint density at radius 3 is 2.76 bits per heavy atom. The fourth-order valence-corrected chi connectivity index (χ4v) is 7.29. The first-order valence-corrected chi connectivity index (χ1v) is 15.1. The average Bonchev–Trinajstić information content (AvgIpc) is 3.56. The lowest BCUT2D eigenvalue weighted by molar-refractivity contribution is -0.687. The summed E-state index contributed by atoms with van der Waals surface area (Å²) in [6, 6.07) is 0.857. The molecule has 41 heavy (non-hydrogen) atoms. The second-order valence-corrected chi connectivity index (χ2v) is 12.5. The first-order chi connectivity index (χ1) is 19.7. The molecule has 2 fully saturated rings. The van der Waals surface area contributed by atoms with Gasteiger partial charge in [0.15, 0.2) is 29.8 Å². The van der Waals surface area contributed by atoms with Gasteiger partial charge in [0, 0.05) is 35.6 Å². The highest BCUT2D eigenvalue weighted by atomic mass is 32.2. The van der Waals surface area contributed by atoms with Crippen LogP contribution in [-0.2, 0) is 30.6 Å². The van der Waals surface area contributed by atoms with E-state index in [9.17, 15) is 29.4 Å². The van der Waals surface area contributed by atoms with Crippen LogP contribution in [0.15, 0.2) is 45.8 Å². The van der Waals surface area contributed by atoms with Crippen molar-refractivity contribution in [1.29, 1.82) is 0 Å². The van der Waals surface area contributed by atoms with Crippen LogP contribution in [0.2, 0.25) is 0 Å². The van der Waals surface area contributed by atoms with Crippen molar-refractivity contribution in [2.45, 2.75) is 42.8 Å². The molecule has 5 N–H and O–H groups in total. The molecule has 5 heterocycles. The Bertz CT molecular complexity index is 1660. The van der Waals surface area contributed by atoms with Gasteiger partial charge in [0.1, 0.15) is 28.3 Å². The van der Waals surface area contributed by atoms with Gasteiger partial charge in [-0.3, -0.25) is 14.5 Å². The van der Waals surface area contributed by atoms with Crippen LogP contribution in [0.1, 0.15) is 25.0 Å². The Morgan fingerprint density at radius 2 is 2.10 bits per heavy atom. The quantitative estimate of drug-likeness (QED) is 0.115. The number of carboxylic acid groups (broad SMARTS) is 2. The van der Waals surface area contributed by atoms with E-state index in [-0.39, 0.29) is 41.6 Å². The molecule has 0 radical (unpaired) electrons. The molecular formula is C24H22N7O7S3+. The Morgan fingerprint density at radius 1 is 1.29 bits per heavy atom. The standard InChI is InChI=1S/C24H21N7O7S3/c25-23-27-13(9-40-23)15(29-38-24(22(36)37)3-1-4-24)18(32)28-16-19(33)31-17(21(34)35)11(8-39-20(16)31)6-30-5-2-14-12(7-30)26-10-41-14/h2,5,7,9-10,16,20H,1,3-4,6,8H2,(H4-,25,27,28,32,34,35,36,37)/p+1/b29-15-/t16?,20-/m1/s1. The molecule has 2 atom stereocenters. The molecule has 1 saturated heterocycles. The highest BCUT2D eigenvalue weighted by molar-refractivity contribution is 8.00. The van der Waals surface area contributed by atoms with Gasteiger partial charge in [-0.25, -0.2) is 19.6 Å². The minimum absolute atomic E-state index is 0.0623. The molecule has 17 heteroatoms. The van der Waals surface area contributed by atoms with Gasteiger partial charge in [0.25, 0.3) is 11.8 Å². The van der Waals surface area contributed by atoms with Crippen LogP contribution in [0.5, 0.6) is 0 Å². The second kappa shape index (κ2) is 10.4. The summed E-state index contributed by atoms with van der Waals surface area (Å²) in [7, 11) is 0. The predicted molar refractivity (Wildman–Crippen MR) is 148 cm³/mol. The maximum atomic E-state index is 13.3. The second-order valence-electron chi connectivity index (χ2n) is 9.59. The SMILES string of the molecule is Nc1nc(/C(=N/OC2(C(=O)O)CCC2)C(=O)NC2C(=O)N3C(C(=O)O)=C(C[n+]4ccc5scnc5c4)CS[C@H]23)cs1. The molecule has 212 valence electrons. The molecule has 3 aromatic rings. The lowest BCUT2D eigenvalue weighted by atomic mass is 9.80. The monoisotopic (exact) mass is 616 g/mol. The van der Waals surface area contributed by atoms with Gasteiger partial charge in [-0.2, -0.15) is 4.57 Å².